The molecule has 0 fully saturated rings. The number of rotatable bonds is 1. The van der Waals surface area contributed by atoms with Gasteiger partial charge < -0.3 is 9.52 Å². The Morgan fingerprint density at radius 3 is 2.39 bits per heavy atom. The van der Waals surface area contributed by atoms with E-state index in [9.17, 15) is 14.3 Å². The molecule has 1 heterocycles. The van der Waals surface area contributed by atoms with Crippen molar-refractivity contribution in [3.05, 3.63) is 82.3 Å². The minimum Gasteiger partial charge on any atom is -0.493 e. The minimum absolute atomic E-state index is 0.0398. The summed E-state index contributed by atoms with van der Waals surface area (Å²) in [4.78, 5) is 15.8. The molecule has 3 rings (SSSR count). The number of aromatic nitrogens is 1. The molecule has 4 nitrogen and oxygen atoms in total. The molecule has 0 radical (unpaired) electrons. The van der Waals surface area contributed by atoms with Crippen LogP contribution in [0.15, 0.2) is 63.8 Å². The Balaban J connectivity index is 2.02. The monoisotopic (exact) mass is 307 g/mol. The van der Waals surface area contributed by atoms with E-state index in [4.69, 9.17) is 4.42 Å². The van der Waals surface area contributed by atoms with Crippen LogP contribution in [0.2, 0.25) is 0 Å². The van der Waals surface area contributed by atoms with Crippen LogP contribution in [0.1, 0.15) is 11.5 Å². The second kappa shape index (κ2) is 6.16. The molecule has 112 valence electrons. The first kappa shape index (κ1) is 14.5. The third kappa shape index (κ3) is 3.11. The third-order valence-corrected chi connectivity index (χ3v) is 3.06. The predicted molar refractivity (Wildman–Crippen MR) is 82.3 cm³/mol. The zero-order chi connectivity index (χ0) is 16.2. The molecular formula is C18H10FNO3. The van der Waals surface area contributed by atoms with E-state index in [0.717, 1.165) is 0 Å². The lowest BCUT2D eigenvalue weighted by Crippen LogP contribution is -2.06. The molecule has 1 aromatic heterocycles. The molecule has 0 unspecified atom stereocenters. The summed E-state index contributed by atoms with van der Waals surface area (Å²) in [7, 11) is 0. The van der Waals surface area contributed by atoms with E-state index < -0.39 is 17.3 Å². The molecule has 0 spiro atoms. The summed E-state index contributed by atoms with van der Waals surface area (Å²) in [5.74, 6) is 3.69. The summed E-state index contributed by atoms with van der Waals surface area (Å²) < 4.78 is 18.5. The lowest BCUT2D eigenvalue weighted by Gasteiger charge is -2.01. The highest BCUT2D eigenvalue weighted by Gasteiger charge is 2.13. The van der Waals surface area contributed by atoms with Gasteiger partial charge in [-0.15, -0.1) is 0 Å². The number of halogens is 1. The van der Waals surface area contributed by atoms with Crippen molar-refractivity contribution in [2.24, 2.45) is 0 Å². The van der Waals surface area contributed by atoms with E-state index in [1.165, 1.54) is 12.1 Å². The largest absolute Gasteiger partial charge is 0.493 e. The van der Waals surface area contributed by atoms with Crippen LogP contribution in [0.25, 0.3) is 11.1 Å². The average Bonchev–Trinajstić information content (AvgIpc) is 2.54. The quantitative estimate of drug-likeness (QED) is 0.702. The highest BCUT2D eigenvalue weighted by Crippen LogP contribution is 2.23. The van der Waals surface area contributed by atoms with Gasteiger partial charge in [-0.05, 0) is 23.6 Å². The first-order valence-electron chi connectivity index (χ1n) is 6.71. The molecule has 0 aliphatic heterocycles. The minimum atomic E-state index is -0.762. The van der Waals surface area contributed by atoms with Crippen LogP contribution < -0.4 is 5.63 Å². The molecule has 0 amide bonds. The van der Waals surface area contributed by atoms with Gasteiger partial charge >= 0.3 is 5.63 Å². The van der Waals surface area contributed by atoms with Gasteiger partial charge in [0.1, 0.15) is 11.4 Å². The van der Waals surface area contributed by atoms with Crippen LogP contribution in [0.4, 0.5) is 4.39 Å². The van der Waals surface area contributed by atoms with E-state index in [1.54, 1.807) is 42.5 Å². The Morgan fingerprint density at radius 1 is 1.00 bits per heavy atom. The third-order valence-electron chi connectivity index (χ3n) is 3.06. The summed E-state index contributed by atoms with van der Waals surface area (Å²) >= 11 is 0. The van der Waals surface area contributed by atoms with Gasteiger partial charge in [-0.2, -0.15) is 4.98 Å². The van der Waals surface area contributed by atoms with Crippen LogP contribution in [-0.4, -0.2) is 10.1 Å². The Bertz CT molecular complexity index is 969. The molecule has 0 atom stereocenters. The van der Waals surface area contributed by atoms with Crippen LogP contribution >= 0.6 is 0 Å². The van der Waals surface area contributed by atoms with Gasteiger partial charge in [-0.1, -0.05) is 48.4 Å². The van der Waals surface area contributed by atoms with Crippen molar-refractivity contribution in [3.8, 4) is 28.8 Å². The maximum absolute atomic E-state index is 13.5. The first-order chi connectivity index (χ1) is 11.1. The topological polar surface area (TPSA) is 63.3 Å². The summed E-state index contributed by atoms with van der Waals surface area (Å²) in [6, 6.07) is 14.5. The Hall–Kier alpha value is -3.39. The van der Waals surface area contributed by atoms with Gasteiger partial charge in [0, 0.05) is 0 Å². The maximum atomic E-state index is 13.5. The molecule has 0 aliphatic carbocycles. The molecule has 3 aromatic rings. The van der Waals surface area contributed by atoms with Crippen molar-refractivity contribution < 1.29 is 13.9 Å². The Kier molecular flexibility index (Phi) is 3.89. The highest BCUT2D eigenvalue weighted by atomic mass is 19.1. The van der Waals surface area contributed by atoms with Crippen molar-refractivity contribution in [1.29, 1.82) is 0 Å². The highest BCUT2D eigenvalue weighted by molar-refractivity contribution is 5.66. The molecule has 5 heteroatoms. The van der Waals surface area contributed by atoms with Crippen molar-refractivity contribution >= 4 is 0 Å². The molecule has 2 aromatic carbocycles. The summed E-state index contributed by atoms with van der Waals surface area (Å²) in [6.07, 6.45) is 0. The van der Waals surface area contributed by atoms with Crippen molar-refractivity contribution in [2.45, 2.75) is 0 Å². The number of nitrogens with zero attached hydrogens (tertiary/aromatic N) is 1. The summed E-state index contributed by atoms with van der Waals surface area (Å²) in [6.45, 7) is 0. The van der Waals surface area contributed by atoms with E-state index >= 15 is 0 Å². The standard InChI is InChI=1S/C18H10FNO3/c19-14-9-5-4-6-12(14)10-11-15-20-17(21)16(18(22)23-15)13-7-2-1-3-8-13/h1-9,21H. The van der Waals surface area contributed by atoms with E-state index in [-0.39, 0.29) is 17.0 Å². The fraction of sp³-hybridized carbons (Fsp3) is 0. The lowest BCUT2D eigenvalue weighted by atomic mass is 10.1. The molecule has 0 aliphatic rings. The zero-order valence-electron chi connectivity index (χ0n) is 11.8. The smallest absolute Gasteiger partial charge is 0.351 e. The van der Waals surface area contributed by atoms with Crippen LogP contribution in [0.5, 0.6) is 5.88 Å². The van der Waals surface area contributed by atoms with Crippen LogP contribution in [0.3, 0.4) is 0 Å². The van der Waals surface area contributed by atoms with Crippen LogP contribution in [0, 0.1) is 17.7 Å². The molecular weight excluding hydrogens is 297 g/mol. The van der Waals surface area contributed by atoms with Gasteiger partial charge in [0.05, 0.1) is 5.56 Å². The van der Waals surface area contributed by atoms with Gasteiger partial charge in [0.2, 0.25) is 5.88 Å². The SMILES string of the molecule is O=c1oc(C#Cc2ccccc2F)nc(O)c1-c1ccccc1. The van der Waals surface area contributed by atoms with Gasteiger partial charge in [-0.3, -0.25) is 0 Å². The number of hydrogen-bond donors (Lipinski definition) is 1. The second-order valence-corrected chi connectivity index (χ2v) is 4.60. The second-order valence-electron chi connectivity index (χ2n) is 4.60. The fourth-order valence-electron chi connectivity index (χ4n) is 1.99. The van der Waals surface area contributed by atoms with Crippen molar-refractivity contribution in [1.82, 2.24) is 4.98 Å². The normalized spacial score (nSPS) is 9.96. The van der Waals surface area contributed by atoms with Crippen molar-refractivity contribution in [2.75, 3.05) is 0 Å². The molecule has 0 bridgehead atoms. The summed E-state index contributed by atoms with van der Waals surface area (Å²) in [5.41, 5.74) is -0.174. The van der Waals surface area contributed by atoms with E-state index in [1.807, 2.05) is 0 Å². The molecule has 0 saturated carbocycles. The van der Waals surface area contributed by atoms with Crippen LogP contribution in [-0.2, 0) is 0 Å². The molecule has 0 saturated heterocycles. The fourth-order valence-corrected chi connectivity index (χ4v) is 1.99. The molecule has 1 N–H and O–H groups in total. The average molecular weight is 307 g/mol. The molecule has 23 heavy (non-hydrogen) atoms. The Labute approximate surface area is 130 Å². The lowest BCUT2D eigenvalue weighted by molar-refractivity contribution is 0.412. The van der Waals surface area contributed by atoms with Gasteiger partial charge in [0.25, 0.3) is 5.89 Å². The predicted octanol–water partition coefficient (Wildman–Crippen LogP) is 2.95. The van der Waals surface area contributed by atoms with Gasteiger partial charge in [-0.25, -0.2) is 9.18 Å². The number of hydrogen-bond acceptors (Lipinski definition) is 4. The summed E-state index contributed by atoms with van der Waals surface area (Å²) in [5, 5.41) is 9.96. The van der Waals surface area contributed by atoms with E-state index in [0.29, 0.717) is 5.56 Å². The van der Waals surface area contributed by atoms with E-state index in [2.05, 4.69) is 16.8 Å². The van der Waals surface area contributed by atoms with Gasteiger partial charge in [0.15, 0.2) is 0 Å². The first-order valence-corrected chi connectivity index (χ1v) is 6.71. The Morgan fingerprint density at radius 2 is 1.70 bits per heavy atom. The maximum Gasteiger partial charge on any atom is 0.351 e. The van der Waals surface area contributed by atoms with Crippen molar-refractivity contribution in [3.63, 3.8) is 0 Å². The number of benzene rings is 2. The number of aromatic hydroxyl groups is 1. The zero-order valence-corrected chi connectivity index (χ0v) is 11.8.